The fourth-order valence-corrected chi connectivity index (χ4v) is 3.37. The molecule has 3 rings (SSSR count). The molecule has 0 aromatic carbocycles. The summed E-state index contributed by atoms with van der Waals surface area (Å²) in [4.78, 5) is 22.3. The number of fused-ring (bicyclic) bond motifs is 4. The van der Waals surface area contributed by atoms with Crippen LogP contribution in [0.5, 0.6) is 0 Å². The Hall–Kier alpha value is -1.06. The van der Waals surface area contributed by atoms with Gasteiger partial charge in [0.1, 0.15) is 0 Å². The average molecular weight is 212 g/mol. The van der Waals surface area contributed by atoms with Gasteiger partial charge in [0.25, 0.3) is 0 Å². The maximum Gasteiger partial charge on any atom is 0.307 e. The lowest BCUT2D eigenvalue weighted by atomic mass is 9.68. The molecule has 0 amide bonds. The number of rotatable bonds is 2. The minimum absolute atomic E-state index is 0.0855. The Morgan fingerprint density at radius 1 is 0.800 bits per heavy atom. The van der Waals surface area contributed by atoms with Crippen LogP contribution in [0.4, 0.5) is 0 Å². The van der Waals surface area contributed by atoms with E-state index >= 15 is 0 Å². The lowest BCUT2D eigenvalue weighted by molar-refractivity contribution is -0.160. The molecule has 2 N–H and O–H groups in total. The number of hydrogen-bond donors (Lipinski definition) is 2. The van der Waals surface area contributed by atoms with Gasteiger partial charge in [0.2, 0.25) is 0 Å². The molecule has 84 valence electrons. The number of aliphatic carboxylic acids is 2. The molecule has 3 saturated carbocycles. The van der Waals surface area contributed by atoms with E-state index in [2.05, 4.69) is 0 Å². The predicted molar refractivity (Wildman–Crippen MR) is 52.3 cm³/mol. The molecule has 2 bridgehead atoms. The molecule has 0 unspecified atom stereocenters. The highest BCUT2D eigenvalue weighted by atomic mass is 16.4. The molecule has 0 aliphatic heterocycles. The van der Waals surface area contributed by atoms with Crippen LogP contribution in [0.25, 0.3) is 0 Å². The maximum atomic E-state index is 11.1. The van der Waals surface area contributed by atoms with E-state index in [1.165, 1.54) is 0 Å². The van der Waals surface area contributed by atoms with E-state index in [0.717, 1.165) is 32.1 Å². The van der Waals surface area contributed by atoms with Crippen LogP contribution in [-0.2, 0) is 9.59 Å². The van der Waals surface area contributed by atoms with Crippen LogP contribution >= 0.6 is 0 Å². The van der Waals surface area contributed by atoms with Crippen molar-refractivity contribution in [3.05, 3.63) is 0 Å². The molecule has 3 aliphatic carbocycles. The minimum atomic E-state index is -0.918. The second kappa shape index (κ2) is 3.83. The van der Waals surface area contributed by atoms with E-state index in [-0.39, 0.29) is 11.8 Å². The first-order valence-electron chi connectivity index (χ1n) is 5.57. The average Bonchev–Trinajstić information content (AvgIpc) is 2.48. The number of carbonyl (C=O) groups is 2. The third kappa shape index (κ3) is 1.73. The van der Waals surface area contributed by atoms with Crippen molar-refractivity contribution in [3.8, 4) is 0 Å². The molecule has 0 aromatic heterocycles. The van der Waals surface area contributed by atoms with Gasteiger partial charge in [-0.25, -0.2) is 0 Å². The summed E-state index contributed by atoms with van der Waals surface area (Å²) in [6.07, 6.45) is 4.55. The molecule has 15 heavy (non-hydrogen) atoms. The molecule has 0 spiro atoms. The summed E-state index contributed by atoms with van der Waals surface area (Å²) in [5.41, 5.74) is 0. The highest BCUT2D eigenvalue weighted by Crippen LogP contribution is 2.46. The van der Waals surface area contributed by atoms with Gasteiger partial charge in [0, 0.05) is 0 Å². The summed E-state index contributed by atoms with van der Waals surface area (Å²) >= 11 is 0. The number of hydrogen-bond acceptors (Lipinski definition) is 2. The quantitative estimate of drug-likeness (QED) is 0.729. The van der Waals surface area contributed by atoms with E-state index in [1.54, 1.807) is 0 Å². The van der Waals surface area contributed by atoms with Crippen molar-refractivity contribution < 1.29 is 19.8 Å². The molecular weight excluding hydrogens is 196 g/mol. The van der Waals surface area contributed by atoms with Crippen molar-refractivity contribution in [3.63, 3.8) is 0 Å². The van der Waals surface area contributed by atoms with Gasteiger partial charge in [-0.05, 0) is 37.5 Å². The van der Waals surface area contributed by atoms with E-state index in [4.69, 9.17) is 10.2 Å². The largest absolute Gasteiger partial charge is 0.481 e. The van der Waals surface area contributed by atoms with Crippen molar-refractivity contribution >= 4 is 11.9 Å². The summed E-state index contributed by atoms with van der Waals surface area (Å²) in [6, 6.07) is 0. The molecule has 0 heterocycles. The van der Waals surface area contributed by atoms with E-state index in [0.29, 0.717) is 0 Å². The SMILES string of the molecule is O=C(O)[C@@H]1[C@H]2CCC[C@@H](CC2)[C@@H]1C(=O)O. The third-order valence-electron chi connectivity index (χ3n) is 4.03. The summed E-state index contributed by atoms with van der Waals surface area (Å²) in [5, 5.41) is 18.3. The molecule has 4 nitrogen and oxygen atoms in total. The fraction of sp³-hybridized carbons (Fsp3) is 0.818. The van der Waals surface area contributed by atoms with Crippen molar-refractivity contribution in [1.29, 1.82) is 0 Å². The van der Waals surface area contributed by atoms with Crippen LogP contribution < -0.4 is 0 Å². The van der Waals surface area contributed by atoms with Gasteiger partial charge in [0.15, 0.2) is 0 Å². The van der Waals surface area contributed by atoms with Crippen LogP contribution in [0.2, 0.25) is 0 Å². The predicted octanol–water partition coefficient (Wildman–Crippen LogP) is 1.60. The third-order valence-corrected chi connectivity index (χ3v) is 4.03. The Labute approximate surface area is 88.3 Å². The topological polar surface area (TPSA) is 74.6 Å². The second-order valence-electron chi connectivity index (χ2n) is 4.76. The van der Waals surface area contributed by atoms with Crippen molar-refractivity contribution in [2.75, 3.05) is 0 Å². The van der Waals surface area contributed by atoms with Crippen LogP contribution in [0.15, 0.2) is 0 Å². The van der Waals surface area contributed by atoms with Gasteiger partial charge in [0.05, 0.1) is 11.8 Å². The van der Waals surface area contributed by atoms with Gasteiger partial charge in [-0.15, -0.1) is 0 Å². The number of carboxylic acids is 2. The summed E-state index contributed by atoms with van der Waals surface area (Å²) in [7, 11) is 0. The molecule has 3 fully saturated rings. The molecule has 0 saturated heterocycles. The zero-order valence-corrected chi connectivity index (χ0v) is 8.56. The summed E-state index contributed by atoms with van der Waals surface area (Å²) in [5.74, 6) is -2.96. The lowest BCUT2D eigenvalue weighted by Crippen LogP contribution is -2.41. The van der Waals surface area contributed by atoms with Crippen LogP contribution in [-0.4, -0.2) is 22.2 Å². The number of carboxylic acid groups (broad SMARTS) is 2. The second-order valence-corrected chi connectivity index (χ2v) is 4.76. The van der Waals surface area contributed by atoms with E-state index in [9.17, 15) is 9.59 Å². The first kappa shape index (κ1) is 10.5. The Morgan fingerprint density at radius 2 is 1.20 bits per heavy atom. The highest BCUT2D eigenvalue weighted by molar-refractivity contribution is 5.80. The van der Waals surface area contributed by atoms with Gasteiger partial charge in [-0.1, -0.05) is 6.42 Å². The highest BCUT2D eigenvalue weighted by Gasteiger charge is 2.48. The Balaban J connectivity index is 2.31. The van der Waals surface area contributed by atoms with Gasteiger partial charge in [-0.3, -0.25) is 9.59 Å². The Kier molecular flexibility index (Phi) is 2.67. The zero-order chi connectivity index (χ0) is 11.0. The van der Waals surface area contributed by atoms with Crippen molar-refractivity contribution in [2.45, 2.75) is 32.1 Å². The van der Waals surface area contributed by atoms with Crippen molar-refractivity contribution in [1.82, 2.24) is 0 Å². The maximum absolute atomic E-state index is 11.1. The van der Waals surface area contributed by atoms with Crippen LogP contribution in [0, 0.1) is 23.7 Å². The fourth-order valence-electron chi connectivity index (χ4n) is 3.37. The van der Waals surface area contributed by atoms with E-state index in [1.807, 2.05) is 0 Å². The van der Waals surface area contributed by atoms with Gasteiger partial charge >= 0.3 is 11.9 Å². The molecule has 0 aromatic rings. The zero-order valence-electron chi connectivity index (χ0n) is 8.56. The Bertz CT molecular complexity index is 254. The van der Waals surface area contributed by atoms with E-state index < -0.39 is 23.8 Å². The molecule has 0 radical (unpaired) electrons. The van der Waals surface area contributed by atoms with Crippen LogP contribution in [0.1, 0.15) is 32.1 Å². The monoisotopic (exact) mass is 212 g/mol. The molecular formula is C11H16O4. The van der Waals surface area contributed by atoms with Gasteiger partial charge < -0.3 is 10.2 Å². The summed E-state index contributed by atoms with van der Waals surface area (Å²) in [6.45, 7) is 0. The smallest absolute Gasteiger partial charge is 0.307 e. The molecule has 4 heteroatoms. The van der Waals surface area contributed by atoms with Gasteiger partial charge in [-0.2, -0.15) is 0 Å². The van der Waals surface area contributed by atoms with Crippen molar-refractivity contribution in [2.24, 2.45) is 23.7 Å². The minimum Gasteiger partial charge on any atom is -0.481 e. The normalized spacial score (nSPS) is 39.7. The standard InChI is InChI=1S/C11H16O4/c12-10(13)8-6-2-1-3-7(5-4-6)9(8)11(14)15/h6-9H,1-5H2,(H,12,13)(H,14,15)/t6-,7-,8-,9+/m0/s1. The first-order chi connectivity index (χ1) is 7.11. The Morgan fingerprint density at radius 3 is 1.53 bits per heavy atom. The summed E-state index contributed by atoms with van der Waals surface area (Å²) < 4.78 is 0. The first-order valence-corrected chi connectivity index (χ1v) is 5.57. The molecule has 3 aliphatic rings. The van der Waals surface area contributed by atoms with Crippen LogP contribution in [0.3, 0.4) is 0 Å². The lowest BCUT2D eigenvalue weighted by Gasteiger charge is -2.35. The molecule has 4 atom stereocenters.